The Hall–Kier alpha value is -2.34. The number of nitrogens with zero attached hydrogens (tertiary/aromatic N) is 1. The summed E-state index contributed by atoms with van der Waals surface area (Å²) in [5, 5.41) is 22.9. The zero-order chi connectivity index (χ0) is 13.8. The number of carboxylic acid groups (broad SMARTS) is 1. The van der Waals surface area contributed by atoms with Crippen molar-refractivity contribution in [2.75, 3.05) is 19.0 Å². The van der Waals surface area contributed by atoms with Gasteiger partial charge in [0.05, 0.1) is 6.54 Å². The molecule has 0 spiro atoms. The molecule has 2 rings (SSSR count). The van der Waals surface area contributed by atoms with Gasteiger partial charge in [0.25, 0.3) is 0 Å². The highest BCUT2D eigenvalue weighted by Gasteiger charge is 2.16. The van der Waals surface area contributed by atoms with Crippen LogP contribution in [0.4, 0.5) is 5.82 Å². The molecule has 0 radical (unpaired) electrons. The van der Waals surface area contributed by atoms with Crippen LogP contribution in [0.3, 0.4) is 0 Å². The van der Waals surface area contributed by atoms with Crippen molar-refractivity contribution in [2.24, 2.45) is 0 Å². The number of nitrogens with one attached hydrogen (secondary N) is 1. The molecule has 0 aliphatic carbocycles. The molecule has 1 aromatic carbocycles. The lowest BCUT2D eigenvalue weighted by atomic mass is 10.1. The molecule has 100 valence electrons. The van der Waals surface area contributed by atoms with E-state index in [1.54, 1.807) is 24.4 Å². The van der Waals surface area contributed by atoms with Gasteiger partial charge in [-0.15, -0.1) is 0 Å². The smallest absolute Gasteiger partial charge is 0.334 e. The highest BCUT2D eigenvalue weighted by molar-refractivity contribution is 5.92. The molecule has 6 nitrogen and oxygen atoms in total. The summed E-state index contributed by atoms with van der Waals surface area (Å²) in [5.74, 6) is -0.403. The number of phenols is 1. The number of rotatable bonds is 5. The molecule has 1 heterocycles. The summed E-state index contributed by atoms with van der Waals surface area (Å²) in [6, 6.07) is 6.74. The molecule has 6 heteroatoms. The Bertz CT molecular complexity index is 600. The minimum atomic E-state index is -1.04. The summed E-state index contributed by atoms with van der Waals surface area (Å²) < 4.78 is 4.83. The monoisotopic (exact) mass is 262 g/mol. The van der Waals surface area contributed by atoms with Crippen LogP contribution in [-0.2, 0) is 9.53 Å². The van der Waals surface area contributed by atoms with E-state index in [0.717, 1.165) is 10.8 Å². The zero-order valence-corrected chi connectivity index (χ0v) is 10.3. The second-order valence-electron chi connectivity index (χ2n) is 4.01. The van der Waals surface area contributed by atoms with Gasteiger partial charge in [0, 0.05) is 18.7 Å². The van der Waals surface area contributed by atoms with E-state index in [0.29, 0.717) is 5.82 Å². The molecule has 0 amide bonds. The molecule has 2 aromatic rings. The molecule has 0 aliphatic rings. The third kappa shape index (κ3) is 2.92. The van der Waals surface area contributed by atoms with E-state index in [9.17, 15) is 9.90 Å². The van der Waals surface area contributed by atoms with E-state index in [4.69, 9.17) is 9.84 Å². The predicted octanol–water partition coefficient (Wildman–Crippen LogP) is 1.45. The Morgan fingerprint density at radius 1 is 1.47 bits per heavy atom. The van der Waals surface area contributed by atoms with Crippen molar-refractivity contribution in [3.8, 4) is 5.75 Å². The summed E-state index contributed by atoms with van der Waals surface area (Å²) in [4.78, 5) is 15.0. The number of aromatic hydroxyl groups is 1. The summed E-state index contributed by atoms with van der Waals surface area (Å²) in [5.41, 5.74) is 0. The molecule has 1 aromatic heterocycles. The Balaban J connectivity index is 2.25. The first-order chi connectivity index (χ1) is 9.11. The van der Waals surface area contributed by atoms with Crippen LogP contribution in [0.2, 0.25) is 0 Å². The van der Waals surface area contributed by atoms with Gasteiger partial charge in [0.15, 0.2) is 6.10 Å². The number of fused-ring (bicyclic) bond motifs is 1. The van der Waals surface area contributed by atoms with Gasteiger partial charge in [-0.05, 0) is 23.6 Å². The Labute approximate surface area is 109 Å². The average Bonchev–Trinajstić information content (AvgIpc) is 2.39. The summed E-state index contributed by atoms with van der Waals surface area (Å²) in [6.45, 7) is 0.0909. The topological polar surface area (TPSA) is 91.7 Å². The molecular weight excluding hydrogens is 248 g/mol. The van der Waals surface area contributed by atoms with Crippen LogP contribution in [0.1, 0.15) is 0 Å². The first-order valence-electron chi connectivity index (χ1n) is 5.69. The lowest BCUT2D eigenvalue weighted by molar-refractivity contribution is -0.147. The fraction of sp³-hybridized carbons (Fsp3) is 0.231. The third-order valence-electron chi connectivity index (χ3n) is 2.76. The molecular formula is C13H14N2O4. The minimum absolute atomic E-state index is 0.0909. The molecule has 3 N–H and O–H groups in total. The van der Waals surface area contributed by atoms with E-state index < -0.39 is 12.1 Å². The van der Waals surface area contributed by atoms with Crippen LogP contribution in [0.5, 0.6) is 5.75 Å². The number of pyridine rings is 1. The maximum absolute atomic E-state index is 10.8. The lowest BCUT2D eigenvalue weighted by Crippen LogP contribution is -2.30. The number of carboxylic acids is 1. The fourth-order valence-corrected chi connectivity index (χ4v) is 1.76. The summed E-state index contributed by atoms with van der Waals surface area (Å²) in [6.07, 6.45) is 0.666. The fourth-order valence-electron chi connectivity index (χ4n) is 1.76. The van der Waals surface area contributed by atoms with Crippen LogP contribution in [-0.4, -0.2) is 40.9 Å². The molecule has 19 heavy (non-hydrogen) atoms. The van der Waals surface area contributed by atoms with Gasteiger partial charge in [-0.1, -0.05) is 6.07 Å². The molecule has 1 atom stereocenters. The van der Waals surface area contributed by atoms with Crippen LogP contribution in [0.25, 0.3) is 10.8 Å². The molecule has 1 unspecified atom stereocenters. The van der Waals surface area contributed by atoms with Gasteiger partial charge in [-0.25, -0.2) is 9.78 Å². The average molecular weight is 262 g/mol. The molecule has 0 fully saturated rings. The number of anilines is 1. The summed E-state index contributed by atoms with van der Waals surface area (Å²) in [7, 11) is 1.34. The van der Waals surface area contributed by atoms with E-state index in [2.05, 4.69) is 10.3 Å². The number of hydrogen-bond acceptors (Lipinski definition) is 5. The SMILES string of the molecule is COC(CNc1nccc2ccc(O)cc12)C(=O)O. The van der Waals surface area contributed by atoms with Crippen LogP contribution in [0, 0.1) is 0 Å². The van der Waals surface area contributed by atoms with Crippen molar-refractivity contribution in [3.63, 3.8) is 0 Å². The van der Waals surface area contributed by atoms with Gasteiger partial charge >= 0.3 is 5.97 Å². The predicted molar refractivity (Wildman–Crippen MR) is 70.3 cm³/mol. The second-order valence-corrected chi connectivity index (χ2v) is 4.01. The number of ether oxygens (including phenoxy) is 1. The number of aliphatic carboxylic acids is 1. The Morgan fingerprint density at radius 2 is 2.26 bits per heavy atom. The number of hydrogen-bond donors (Lipinski definition) is 3. The van der Waals surface area contributed by atoms with E-state index in [1.165, 1.54) is 7.11 Å². The normalized spacial score (nSPS) is 12.3. The standard InChI is InChI=1S/C13H14N2O4/c1-19-11(13(17)18)7-15-12-10-6-9(16)3-2-8(10)4-5-14-12/h2-6,11,16H,7H2,1H3,(H,14,15)(H,17,18). The molecule has 0 aliphatic heterocycles. The maximum atomic E-state index is 10.8. The second kappa shape index (κ2) is 5.53. The first kappa shape index (κ1) is 13.1. The Morgan fingerprint density at radius 3 is 2.95 bits per heavy atom. The van der Waals surface area contributed by atoms with Crippen molar-refractivity contribution in [1.29, 1.82) is 0 Å². The third-order valence-corrected chi connectivity index (χ3v) is 2.76. The van der Waals surface area contributed by atoms with Gasteiger partial charge < -0.3 is 20.3 Å². The number of phenolic OH excluding ortho intramolecular Hbond substituents is 1. The van der Waals surface area contributed by atoms with Crippen molar-refractivity contribution in [2.45, 2.75) is 6.10 Å². The van der Waals surface area contributed by atoms with Gasteiger partial charge in [-0.3, -0.25) is 0 Å². The van der Waals surface area contributed by atoms with Crippen molar-refractivity contribution < 1.29 is 19.7 Å². The number of aromatic nitrogens is 1. The number of methoxy groups -OCH3 is 1. The maximum Gasteiger partial charge on any atom is 0.334 e. The van der Waals surface area contributed by atoms with Gasteiger partial charge in [-0.2, -0.15) is 0 Å². The highest BCUT2D eigenvalue weighted by atomic mass is 16.5. The zero-order valence-electron chi connectivity index (χ0n) is 10.3. The first-order valence-corrected chi connectivity index (χ1v) is 5.69. The highest BCUT2D eigenvalue weighted by Crippen LogP contribution is 2.24. The molecule has 0 bridgehead atoms. The number of carbonyl (C=O) groups is 1. The van der Waals surface area contributed by atoms with Gasteiger partial charge in [0.2, 0.25) is 0 Å². The van der Waals surface area contributed by atoms with Crippen molar-refractivity contribution in [3.05, 3.63) is 30.5 Å². The quantitative estimate of drug-likeness (QED) is 0.755. The van der Waals surface area contributed by atoms with E-state index in [-0.39, 0.29) is 12.3 Å². The van der Waals surface area contributed by atoms with Crippen LogP contribution < -0.4 is 5.32 Å². The van der Waals surface area contributed by atoms with Crippen LogP contribution in [0.15, 0.2) is 30.5 Å². The van der Waals surface area contributed by atoms with Gasteiger partial charge in [0.1, 0.15) is 11.6 Å². The van der Waals surface area contributed by atoms with Crippen molar-refractivity contribution in [1.82, 2.24) is 4.98 Å². The van der Waals surface area contributed by atoms with E-state index in [1.807, 2.05) is 6.07 Å². The molecule has 0 saturated heterocycles. The van der Waals surface area contributed by atoms with E-state index >= 15 is 0 Å². The van der Waals surface area contributed by atoms with Crippen LogP contribution >= 0.6 is 0 Å². The molecule has 0 saturated carbocycles. The largest absolute Gasteiger partial charge is 0.508 e. The minimum Gasteiger partial charge on any atom is -0.508 e. The Kier molecular flexibility index (Phi) is 3.82. The lowest BCUT2D eigenvalue weighted by Gasteiger charge is -2.13. The van der Waals surface area contributed by atoms with Crippen molar-refractivity contribution >= 4 is 22.6 Å². The summed E-state index contributed by atoms with van der Waals surface area (Å²) >= 11 is 0. The number of benzene rings is 1.